The lowest BCUT2D eigenvalue weighted by molar-refractivity contribution is 0.0994. The molecule has 1 N–H and O–H groups in total. The normalized spacial score (nSPS) is 10.4. The quantitative estimate of drug-likeness (QED) is 0.749. The second-order valence-electron chi connectivity index (χ2n) is 3.73. The number of nitrogens with one attached hydrogen (secondary N) is 1. The van der Waals surface area contributed by atoms with Crippen LogP contribution in [0.3, 0.4) is 0 Å². The average Bonchev–Trinajstić information content (AvgIpc) is 2.63. The van der Waals surface area contributed by atoms with Crippen LogP contribution in [0.5, 0.6) is 0 Å². The fourth-order valence-electron chi connectivity index (χ4n) is 1.51. The maximum absolute atomic E-state index is 12.0. The third-order valence-corrected chi connectivity index (χ3v) is 3.65. The van der Waals surface area contributed by atoms with Crippen LogP contribution in [0.1, 0.15) is 22.1 Å². The number of oxazole rings is 1. The molecule has 1 aromatic carbocycles. The number of nitrogens with zero attached hydrogens (tertiary/aromatic N) is 1. The van der Waals surface area contributed by atoms with Gasteiger partial charge < -0.3 is 9.73 Å². The van der Waals surface area contributed by atoms with Gasteiger partial charge >= 0.3 is 0 Å². The molecule has 0 radical (unpaired) electrons. The molecular weight excluding hydrogens is 411 g/mol. The van der Waals surface area contributed by atoms with Gasteiger partial charge in [0, 0.05) is 15.0 Å². The smallest absolute Gasteiger partial charge is 0.293 e. The fraction of sp³-hybridized carbons (Fsp3) is 0.167. The van der Waals surface area contributed by atoms with Gasteiger partial charge in [0.05, 0.1) is 11.4 Å². The summed E-state index contributed by atoms with van der Waals surface area (Å²) in [7, 11) is 0. The Kier molecular flexibility index (Phi) is 4.06. The van der Waals surface area contributed by atoms with Crippen LogP contribution in [0, 0.1) is 17.4 Å². The maximum atomic E-state index is 12.0. The maximum Gasteiger partial charge on any atom is 0.293 e. The number of aryl methyl sites for hydroxylation is 2. The van der Waals surface area contributed by atoms with E-state index < -0.39 is 0 Å². The van der Waals surface area contributed by atoms with Crippen LogP contribution in [-0.2, 0) is 0 Å². The average molecular weight is 421 g/mol. The van der Waals surface area contributed by atoms with E-state index in [0.717, 1.165) is 8.04 Å². The van der Waals surface area contributed by atoms with Gasteiger partial charge in [0.1, 0.15) is 0 Å². The summed E-state index contributed by atoms with van der Waals surface area (Å²) in [6, 6.07) is 5.71. The summed E-state index contributed by atoms with van der Waals surface area (Å²) >= 11 is 5.58. The minimum absolute atomic E-state index is 0.248. The zero-order valence-electron chi connectivity index (χ0n) is 9.75. The highest BCUT2D eigenvalue weighted by molar-refractivity contribution is 14.1. The number of benzene rings is 1. The largest absolute Gasteiger partial charge is 0.436 e. The summed E-state index contributed by atoms with van der Waals surface area (Å²) in [5.41, 5.74) is 1.30. The van der Waals surface area contributed by atoms with Gasteiger partial charge in [-0.25, -0.2) is 4.98 Å². The molecule has 0 aliphatic heterocycles. The molecule has 1 heterocycles. The van der Waals surface area contributed by atoms with E-state index in [2.05, 4.69) is 48.8 Å². The zero-order chi connectivity index (χ0) is 13.3. The Labute approximate surface area is 126 Å². The van der Waals surface area contributed by atoms with Crippen molar-refractivity contribution in [3.63, 3.8) is 0 Å². The molecule has 2 rings (SSSR count). The number of aromatic nitrogens is 1. The van der Waals surface area contributed by atoms with Crippen molar-refractivity contribution >= 4 is 50.1 Å². The van der Waals surface area contributed by atoms with E-state index in [1.165, 1.54) is 0 Å². The van der Waals surface area contributed by atoms with E-state index in [1.807, 2.05) is 18.2 Å². The molecule has 0 spiro atoms. The Morgan fingerprint density at radius 1 is 1.44 bits per heavy atom. The first-order valence-electron chi connectivity index (χ1n) is 5.18. The van der Waals surface area contributed by atoms with Gasteiger partial charge in [0.15, 0.2) is 5.89 Å². The summed E-state index contributed by atoms with van der Waals surface area (Å²) in [6.45, 7) is 3.46. The molecule has 94 valence electrons. The van der Waals surface area contributed by atoms with Crippen LogP contribution in [0.4, 0.5) is 5.69 Å². The Bertz CT molecular complexity index is 610. The third kappa shape index (κ3) is 2.92. The van der Waals surface area contributed by atoms with Crippen molar-refractivity contribution in [1.82, 2.24) is 4.98 Å². The predicted octanol–water partition coefficient (Wildman–Crippen LogP) is 3.91. The van der Waals surface area contributed by atoms with E-state index in [-0.39, 0.29) is 11.7 Å². The molecular formula is C12H10BrIN2O2. The first-order chi connectivity index (χ1) is 8.47. The van der Waals surface area contributed by atoms with Gasteiger partial charge in [0.25, 0.3) is 5.91 Å². The van der Waals surface area contributed by atoms with Crippen LogP contribution in [0.25, 0.3) is 0 Å². The molecule has 1 aromatic heterocycles. The number of hydrogen-bond donors (Lipinski definition) is 1. The lowest BCUT2D eigenvalue weighted by atomic mass is 10.3. The van der Waals surface area contributed by atoms with Gasteiger partial charge in [-0.05, 0) is 63.6 Å². The van der Waals surface area contributed by atoms with Crippen LogP contribution < -0.4 is 5.32 Å². The molecule has 1 amide bonds. The van der Waals surface area contributed by atoms with E-state index in [0.29, 0.717) is 17.3 Å². The van der Waals surface area contributed by atoms with Crippen LogP contribution in [0.15, 0.2) is 27.1 Å². The van der Waals surface area contributed by atoms with Crippen molar-refractivity contribution in [2.24, 2.45) is 0 Å². The fourth-order valence-corrected chi connectivity index (χ4v) is 2.35. The summed E-state index contributed by atoms with van der Waals surface area (Å²) < 4.78 is 7.14. The van der Waals surface area contributed by atoms with E-state index in [1.54, 1.807) is 13.8 Å². The van der Waals surface area contributed by atoms with Crippen molar-refractivity contribution in [2.75, 3.05) is 5.32 Å². The molecule has 18 heavy (non-hydrogen) atoms. The van der Waals surface area contributed by atoms with E-state index >= 15 is 0 Å². The molecule has 4 nitrogen and oxygen atoms in total. The number of carbonyl (C=O) groups is 1. The van der Waals surface area contributed by atoms with Gasteiger partial charge in [-0.2, -0.15) is 0 Å². The molecule has 0 aliphatic carbocycles. The molecule has 2 aromatic rings. The first kappa shape index (κ1) is 13.5. The Morgan fingerprint density at radius 2 is 2.17 bits per heavy atom. The molecule has 0 fully saturated rings. The molecule has 0 saturated carbocycles. The summed E-state index contributed by atoms with van der Waals surface area (Å²) in [4.78, 5) is 16.1. The number of hydrogen-bond acceptors (Lipinski definition) is 3. The van der Waals surface area contributed by atoms with Crippen molar-refractivity contribution in [2.45, 2.75) is 13.8 Å². The van der Waals surface area contributed by atoms with Gasteiger partial charge in [-0.15, -0.1) is 0 Å². The molecule has 0 bridgehead atoms. The molecule has 0 unspecified atom stereocenters. The summed E-state index contributed by atoms with van der Waals surface area (Å²) in [5.74, 6) is 0.438. The van der Waals surface area contributed by atoms with Gasteiger partial charge in [-0.3, -0.25) is 4.79 Å². The molecule has 0 saturated heterocycles. The summed E-state index contributed by atoms with van der Waals surface area (Å²) in [6.07, 6.45) is 0. The van der Waals surface area contributed by atoms with Gasteiger partial charge in [-0.1, -0.05) is 0 Å². The Balaban J connectivity index is 2.26. The Morgan fingerprint density at radius 3 is 2.78 bits per heavy atom. The van der Waals surface area contributed by atoms with Crippen LogP contribution >= 0.6 is 38.5 Å². The topological polar surface area (TPSA) is 55.1 Å². The standard InChI is InChI=1S/C12H10BrIN2O2/c1-6-11(18-7(2)15-6)12(17)16-10-5-8(14)3-4-9(10)13/h3-5H,1-2H3,(H,16,17). The number of rotatable bonds is 2. The minimum Gasteiger partial charge on any atom is -0.436 e. The lowest BCUT2D eigenvalue weighted by Gasteiger charge is -2.06. The SMILES string of the molecule is Cc1nc(C)c(C(=O)Nc2cc(I)ccc2Br)o1. The monoisotopic (exact) mass is 420 g/mol. The Hall–Kier alpha value is -0.890. The lowest BCUT2D eigenvalue weighted by Crippen LogP contribution is -2.12. The number of carbonyl (C=O) groups excluding carboxylic acids is 1. The predicted molar refractivity (Wildman–Crippen MR) is 80.8 cm³/mol. The first-order valence-corrected chi connectivity index (χ1v) is 7.05. The van der Waals surface area contributed by atoms with Crippen molar-refractivity contribution in [3.05, 3.63) is 43.6 Å². The molecule has 0 aliphatic rings. The second-order valence-corrected chi connectivity index (χ2v) is 5.83. The van der Waals surface area contributed by atoms with Crippen molar-refractivity contribution in [3.8, 4) is 0 Å². The zero-order valence-corrected chi connectivity index (χ0v) is 13.5. The minimum atomic E-state index is -0.296. The number of halogens is 2. The highest BCUT2D eigenvalue weighted by Crippen LogP contribution is 2.25. The summed E-state index contributed by atoms with van der Waals surface area (Å²) in [5, 5.41) is 2.80. The van der Waals surface area contributed by atoms with Crippen LogP contribution in [0.2, 0.25) is 0 Å². The highest BCUT2D eigenvalue weighted by Gasteiger charge is 2.16. The number of anilines is 1. The van der Waals surface area contributed by atoms with Crippen LogP contribution in [-0.4, -0.2) is 10.9 Å². The number of amides is 1. The van der Waals surface area contributed by atoms with E-state index in [4.69, 9.17) is 4.42 Å². The van der Waals surface area contributed by atoms with Gasteiger partial charge in [0.2, 0.25) is 5.76 Å². The van der Waals surface area contributed by atoms with Crippen molar-refractivity contribution in [1.29, 1.82) is 0 Å². The van der Waals surface area contributed by atoms with Crippen molar-refractivity contribution < 1.29 is 9.21 Å². The molecule has 0 atom stereocenters. The molecule has 6 heteroatoms. The third-order valence-electron chi connectivity index (χ3n) is 2.29. The van der Waals surface area contributed by atoms with E-state index in [9.17, 15) is 4.79 Å². The highest BCUT2D eigenvalue weighted by atomic mass is 127. The second kappa shape index (κ2) is 5.40.